The maximum Gasteiger partial charge on any atom is 0.498 e. The fourth-order valence-electron chi connectivity index (χ4n) is 5.77. The summed E-state index contributed by atoms with van der Waals surface area (Å²) in [6.07, 6.45) is 9.05. The van der Waals surface area contributed by atoms with Crippen LogP contribution in [0, 0.1) is 0 Å². The Morgan fingerprint density at radius 1 is 0.625 bits per heavy atom. The summed E-state index contributed by atoms with van der Waals surface area (Å²) in [6, 6.07) is 30.2. The molecule has 1 aromatic heterocycles. The van der Waals surface area contributed by atoms with Crippen LogP contribution in [-0.2, 0) is 9.31 Å². The molecular formula is C36H33BO3. The van der Waals surface area contributed by atoms with Gasteiger partial charge in [0.2, 0.25) is 0 Å². The van der Waals surface area contributed by atoms with Crippen molar-refractivity contribution in [2.45, 2.75) is 51.7 Å². The van der Waals surface area contributed by atoms with Gasteiger partial charge in [-0.15, -0.1) is 0 Å². The van der Waals surface area contributed by atoms with Gasteiger partial charge in [0.25, 0.3) is 0 Å². The van der Waals surface area contributed by atoms with Gasteiger partial charge in [0.05, 0.1) is 11.2 Å². The maximum absolute atomic E-state index is 6.67. The van der Waals surface area contributed by atoms with Gasteiger partial charge in [0, 0.05) is 21.8 Å². The zero-order valence-electron chi connectivity index (χ0n) is 23.5. The van der Waals surface area contributed by atoms with Crippen LogP contribution in [0.1, 0.15) is 46.1 Å². The van der Waals surface area contributed by atoms with Gasteiger partial charge >= 0.3 is 7.12 Å². The Kier molecular flexibility index (Phi) is 5.88. The Morgan fingerprint density at radius 2 is 1.27 bits per heavy atom. The van der Waals surface area contributed by atoms with E-state index in [1.165, 1.54) is 22.3 Å². The van der Waals surface area contributed by atoms with E-state index in [1.54, 1.807) is 0 Å². The molecule has 1 aliphatic carbocycles. The Bertz CT molecular complexity index is 1790. The molecule has 5 aromatic rings. The highest BCUT2D eigenvalue weighted by molar-refractivity contribution is 6.65. The normalized spacial score (nSPS) is 18.0. The van der Waals surface area contributed by atoms with Crippen LogP contribution >= 0.6 is 0 Å². The number of allylic oxidation sites excluding steroid dienone is 4. The summed E-state index contributed by atoms with van der Waals surface area (Å²) in [5.74, 6) is 0. The van der Waals surface area contributed by atoms with Gasteiger partial charge in [-0.25, -0.2) is 0 Å². The smallest absolute Gasteiger partial charge is 0.456 e. The van der Waals surface area contributed by atoms with E-state index in [9.17, 15) is 0 Å². The lowest BCUT2D eigenvalue weighted by Gasteiger charge is -2.32. The quantitative estimate of drug-likeness (QED) is 0.220. The van der Waals surface area contributed by atoms with Crippen LogP contribution in [0.25, 0.3) is 49.8 Å². The van der Waals surface area contributed by atoms with Crippen LogP contribution < -0.4 is 5.46 Å². The first-order chi connectivity index (χ1) is 19.3. The molecule has 2 aliphatic rings. The molecule has 0 amide bonds. The number of furan rings is 1. The minimum atomic E-state index is -0.483. The van der Waals surface area contributed by atoms with Gasteiger partial charge in [0.1, 0.15) is 11.2 Å². The Morgan fingerprint density at radius 3 is 2.00 bits per heavy atom. The highest BCUT2D eigenvalue weighted by Crippen LogP contribution is 2.40. The standard InChI is InChI=1S/C36H33BO3/c1-35(2)36(3,4)40-37(39-35)32-18-10-17-31-30-16-9-15-29(33(30)38-34(31)32)28-14-8-13-27(23-28)26-21-19-25(20-22-26)24-11-6-5-7-12-24/h6,8-23H,5,7H2,1-4H3. The predicted octanol–water partition coefficient (Wildman–Crippen LogP) is 8.95. The zero-order valence-corrected chi connectivity index (χ0v) is 23.5. The topological polar surface area (TPSA) is 31.6 Å². The van der Waals surface area contributed by atoms with Gasteiger partial charge < -0.3 is 13.7 Å². The van der Waals surface area contributed by atoms with Crippen LogP contribution in [0.15, 0.2) is 108 Å². The third-order valence-electron chi connectivity index (χ3n) is 8.78. The van der Waals surface area contributed by atoms with Crippen LogP contribution in [0.4, 0.5) is 0 Å². The number of para-hydroxylation sites is 2. The molecule has 1 saturated heterocycles. The fraction of sp³-hybridized carbons (Fsp3) is 0.222. The number of rotatable bonds is 4. The second kappa shape index (κ2) is 9.37. The van der Waals surface area contributed by atoms with Crippen molar-refractivity contribution in [3.63, 3.8) is 0 Å². The third-order valence-corrected chi connectivity index (χ3v) is 8.78. The van der Waals surface area contributed by atoms with E-state index in [-0.39, 0.29) is 0 Å². The zero-order chi connectivity index (χ0) is 27.5. The second-order valence-corrected chi connectivity index (χ2v) is 11.9. The van der Waals surface area contributed by atoms with E-state index < -0.39 is 18.3 Å². The number of benzene rings is 4. The first-order valence-corrected chi connectivity index (χ1v) is 14.2. The van der Waals surface area contributed by atoms with Crippen molar-refractivity contribution < 1.29 is 13.7 Å². The minimum Gasteiger partial charge on any atom is -0.456 e. The fourth-order valence-corrected chi connectivity index (χ4v) is 5.77. The molecule has 0 radical (unpaired) electrons. The summed E-state index contributed by atoms with van der Waals surface area (Å²) in [6.45, 7) is 8.31. The Balaban J connectivity index is 1.28. The molecule has 7 rings (SSSR count). The molecule has 4 aromatic carbocycles. The van der Waals surface area contributed by atoms with E-state index in [0.29, 0.717) is 0 Å². The van der Waals surface area contributed by atoms with Crippen molar-refractivity contribution in [3.8, 4) is 22.3 Å². The highest BCUT2D eigenvalue weighted by atomic mass is 16.7. The predicted molar refractivity (Wildman–Crippen MR) is 167 cm³/mol. The van der Waals surface area contributed by atoms with E-state index >= 15 is 0 Å². The van der Waals surface area contributed by atoms with Crippen molar-refractivity contribution in [2.75, 3.05) is 0 Å². The first kappa shape index (κ1) is 25.1. The summed E-state index contributed by atoms with van der Waals surface area (Å²) >= 11 is 0. The van der Waals surface area contributed by atoms with E-state index in [2.05, 4.69) is 131 Å². The number of hydrogen-bond donors (Lipinski definition) is 0. The highest BCUT2D eigenvalue weighted by Gasteiger charge is 2.52. The summed E-state index contributed by atoms with van der Waals surface area (Å²) in [7, 11) is -0.483. The Hall–Kier alpha value is -3.86. The minimum absolute atomic E-state index is 0.417. The third kappa shape index (κ3) is 4.14. The molecule has 0 N–H and O–H groups in total. The molecule has 0 atom stereocenters. The summed E-state index contributed by atoms with van der Waals surface area (Å²) < 4.78 is 19.5. The second-order valence-electron chi connectivity index (χ2n) is 11.9. The van der Waals surface area contributed by atoms with Gasteiger partial charge in [-0.2, -0.15) is 0 Å². The lowest BCUT2D eigenvalue weighted by atomic mass is 9.78. The molecule has 198 valence electrons. The average molecular weight is 524 g/mol. The van der Waals surface area contributed by atoms with Crippen LogP contribution in [0.2, 0.25) is 0 Å². The van der Waals surface area contributed by atoms with E-state index in [0.717, 1.165) is 51.4 Å². The lowest BCUT2D eigenvalue weighted by Crippen LogP contribution is -2.41. The van der Waals surface area contributed by atoms with E-state index in [4.69, 9.17) is 13.7 Å². The molecule has 0 bridgehead atoms. The van der Waals surface area contributed by atoms with Gasteiger partial charge in [-0.05, 0) is 74.4 Å². The van der Waals surface area contributed by atoms with Gasteiger partial charge in [0.15, 0.2) is 0 Å². The lowest BCUT2D eigenvalue weighted by molar-refractivity contribution is 0.00578. The summed E-state index contributed by atoms with van der Waals surface area (Å²) in [4.78, 5) is 0. The molecule has 0 saturated carbocycles. The van der Waals surface area contributed by atoms with Crippen molar-refractivity contribution in [1.29, 1.82) is 0 Å². The van der Waals surface area contributed by atoms with Crippen molar-refractivity contribution in [1.82, 2.24) is 0 Å². The molecule has 4 heteroatoms. The van der Waals surface area contributed by atoms with Crippen molar-refractivity contribution >= 4 is 40.1 Å². The molecule has 3 nitrogen and oxygen atoms in total. The maximum atomic E-state index is 6.67. The number of hydrogen-bond acceptors (Lipinski definition) is 3. The molecule has 40 heavy (non-hydrogen) atoms. The SMILES string of the molecule is CC1(C)OB(c2cccc3c2oc2c(-c4cccc(-c5ccc(C6=CCCC=C6)cc5)c4)cccc23)OC1(C)C. The first-order valence-electron chi connectivity index (χ1n) is 14.2. The van der Waals surface area contributed by atoms with Crippen LogP contribution in [0.5, 0.6) is 0 Å². The molecular weight excluding hydrogens is 491 g/mol. The van der Waals surface area contributed by atoms with Crippen molar-refractivity contribution in [3.05, 3.63) is 109 Å². The molecule has 2 heterocycles. The number of fused-ring (bicyclic) bond motifs is 3. The van der Waals surface area contributed by atoms with Crippen LogP contribution in [0.3, 0.4) is 0 Å². The molecule has 1 fully saturated rings. The van der Waals surface area contributed by atoms with Gasteiger partial charge in [-0.3, -0.25) is 0 Å². The average Bonchev–Trinajstić information content (AvgIpc) is 3.46. The monoisotopic (exact) mass is 524 g/mol. The molecule has 0 spiro atoms. The van der Waals surface area contributed by atoms with Crippen molar-refractivity contribution in [2.24, 2.45) is 0 Å². The van der Waals surface area contributed by atoms with Gasteiger partial charge in [-0.1, -0.05) is 97.1 Å². The van der Waals surface area contributed by atoms with Crippen LogP contribution in [-0.4, -0.2) is 18.3 Å². The molecule has 1 aliphatic heterocycles. The Labute approximate surface area is 236 Å². The van der Waals surface area contributed by atoms with E-state index in [1.807, 2.05) is 0 Å². The largest absolute Gasteiger partial charge is 0.498 e. The molecule has 0 unspecified atom stereocenters. The summed E-state index contributed by atoms with van der Waals surface area (Å²) in [5.41, 5.74) is 8.95. The summed E-state index contributed by atoms with van der Waals surface area (Å²) in [5, 5.41) is 2.16.